The Kier molecular flexibility index (Phi) is 15.4. The van der Waals surface area contributed by atoms with Crippen molar-refractivity contribution in [1.29, 1.82) is 0 Å². The first-order chi connectivity index (χ1) is 14.0. The van der Waals surface area contributed by atoms with E-state index in [9.17, 15) is 13.0 Å². The van der Waals surface area contributed by atoms with Crippen molar-refractivity contribution < 1.29 is 13.0 Å². The smallest absolute Gasteiger partial charge is 0.153 e. The normalized spacial score (nSPS) is 10.8. The lowest BCUT2D eigenvalue weighted by molar-refractivity contribution is 0.597. The van der Waals surface area contributed by atoms with E-state index >= 15 is 0 Å². The summed E-state index contributed by atoms with van der Waals surface area (Å²) in [5.41, 5.74) is 0.0106. The fourth-order valence-electron chi connectivity index (χ4n) is 2.25. The second-order valence-corrected chi connectivity index (χ2v) is 8.55. The minimum atomic E-state index is -1.64. The first kappa shape index (κ1) is 27.5. The molecule has 0 saturated carbocycles. The number of hydrogen-bond donors (Lipinski definition) is 0. The van der Waals surface area contributed by atoms with Gasteiger partial charge >= 0.3 is 0 Å². The van der Waals surface area contributed by atoms with Gasteiger partial charge in [-0.1, -0.05) is 32.4 Å². The number of benzene rings is 2. The average Bonchev–Trinajstić information content (AvgIpc) is 2.76. The highest BCUT2D eigenvalue weighted by Gasteiger charge is 2.20. The van der Waals surface area contributed by atoms with Crippen LogP contribution in [0.4, 0.5) is 14.5 Å². The van der Waals surface area contributed by atoms with Gasteiger partial charge in [-0.05, 0) is 60.7 Å². The van der Waals surface area contributed by atoms with E-state index in [0.717, 1.165) is 42.5 Å². The van der Waals surface area contributed by atoms with Crippen LogP contribution in [0.3, 0.4) is 0 Å². The molecule has 0 aromatic heterocycles. The second-order valence-electron chi connectivity index (χ2n) is 5.30. The van der Waals surface area contributed by atoms with Crippen LogP contribution in [0.25, 0.3) is 0 Å². The number of thioether (sulfide) groups is 1. The van der Waals surface area contributed by atoms with Crippen LogP contribution < -0.4 is 4.31 Å². The van der Waals surface area contributed by atoms with Crippen LogP contribution in [0.5, 0.6) is 0 Å². The molecule has 0 aliphatic heterocycles. The zero-order valence-corrected chi connectivity index (χ0v) is 19.4. The van der Waals surface area contributed by atoms with Crippen molar-refractivity contribution >= 4 is 40.0 Å². The number of nitrogens with zero attached hydrogens (tertiary/aromatic N) is 1. The molecule has 0 heterocycles. The predicted molar refractivity (Wildman–Crippen MR) is 125 cm³/mol. The van der Waals surface area contributed by atoms with Crippen LogP contribution >= 0.6 is 23.4 Å². The van der Waals surface area contributed by atoms with Crippen LogP contribution in [0.15, 0.2) is 47.4 Å². The van der Waals surface area contributed by atoms with Gasteiger partial charge in [-0.3, -0.25) is 4.31 Å². The fourth-order valence-corrected chi connectivity index (χ4v) is 4.31. The van der Waals surface area contributed by atoms with Crippen molar-refractivity contribution in [2.75, 3.05) is 22.4 Å². The molecule has 2 nitrogen and oxygen atoms in total. The molecule has 0 saturated heterocycles. The molecule has 0 fully saturated rings. The lowest BCUT2D eigenvalue weighted by Crippen LogP contribution is -2.28. The molecule has 160 valence electrons. The van der Waals surface area contributed by atoms with E-state index in [-0.39, 0.29) is 5.69 Å². The van der Waals surface area contributed by atoms with Gasteiger partial charge in [0, 0.05) is 17.6 Å². The minimum absolute atomic E-state index is 0.0106. The van der Waals surface area contributed by atoms with Crippen molar-refractivity contribution in [3.63, 3.8) is 0 Å². The molecule has 0 N–H and O–H groups in total. The maximum absolute atomic E-state index is 14.2. The molecule has 0 amide bonds. The predicted octanol–water partition coefficient (Wildman–Crippen LogP) is 6.96. The Morgan fingerprint density at radius 3 is 2.28 bits per heavy atom. The molecular formula is C22H28ClF2NOS2. The standard InChI is InChI=1S/C18H20ClF2NOS2.C2H6.C2H2/c1-2-24-12-4-3-11-22(18-13-15(20)7-10-17(18)21)25(23)16-8-5-14(19)6-9-16;2*1-2/h5-10,13H,2-4,11-12H2,1H3;1-2H3;1-2H. The third-order valence-corrected chi connectivity index (χ3v) is 6.19. The van der Waals surface area contributed by atoms with Crippen LogP contribution in [0, 0.1) is 24.5 Å². The fraction of sp³-hybridized carbons (Fsp3) is 0.364. The van der Waals surface area contributed by atoms with Gasteiger partial charge in [-0.2, -0.15) is 11.8 Å². The van der Waals surface area contributed by atoms with E-state index in [1.54, 1.807) is 24.3 Å². The topological polar surface area (TPSA) is 20.3 Å². The molecule has 0 bridgehead atoms. The van der Waals surface area contributed by atoms with Crippen LogP contribution in [-0.2, 0) is 11.0 Å². The van der Waals surface area contributed by atoms with Crippen LogP contribution in [-0.4, -0.2) is 22.3 Å². The summed E-state index contributed by atoms with van der Waals surface area (Å²) in [6.45, 7) is 6.47. The summed E-state index contributed by atoms with van der Waals surface area (Å²) in [6, 6.07) is 9.73. The zero-order chi connectivity index (χ0) is 22.2. The third kappa shape index (κ3) is 9.66. The van der Waals surface area contributed by atoms with Crippen molar-refractivity contribution in [1.82, 2.24) is 0 Å². The van der Waals surface area contributed by atoms with Crippen molar-refractivity contribution in [2.24, 2.45) is 0 Å². The first-order valence-corrected chi connectivity index (χ1v) is 12.0. The molecule has 2 aromatic rings. The average molecular weight is 460 g/mol. The number of halogens is 3. The minimum Gasteiger partial charge on any atom is -0.285 e. The molecule has 0 aliphatic rings. The molecule has 2 aromatic carbocycles. The molecule has 0 aliphatic carbocycles. The highest BCUT2D eigenvalue weighted by Crippen LogP contribution is 2.26. The summed E-state index contributed by atoms with van der Waals surface area (Å²) in [4.78, 5) is 0.496. The molecular weight excluding hydrogens is 432 g/mol. The zero-order valence-electron chi connectivity index (χ0n) is 17.0. The van der Waals surface area contributed by atoms with Crippen LogP contribution in [0.1, 0.15) is 33.6 Å². The Balaban J connectivity index is 0.00000184. The lowest BCUT2D eigenvalue weighted by Gasteiger charge is -2.24. The molecule has 29 heavy (non-hydrogen) atoms. The molecule has 1 atom stereocenters. The van der Waals surface area contributed by atoms with Gasteiger partial charge in [-0.25, -0.2) is 13.0 Å². The maximum Gasteiger partial charge on any atom is 0.153 e. The number of rotatable bonds is 9. The van der Waals surface area contributed by atoms with Gasteiger partial charge in [0.15, 0.2) is 11.0 Å². The van der Waals surface area contributed by atoms with Gasteiger partial charge in [0.2, 0.25) is 0 Å². The van der Waals surface area contributed by atoms with Gasteiger partial charge < -0.3 is 0 Å². The Hall–Kier alpha value is -1.55. The quantitative estimate of drug-likeness (QED) is 0.298. The molecule has 2 rings (SSSR count). The molecule has 7 heteroatoms. The maximum atomic E-state index is 14.2. The third-order valence-electron chi connectivity index (χ3n) is 3.50. The SMILES string of the molecule is C#C.CC.CCSCCCCN(c1cc(F)ccc1F)S(=O)c1ccc(Cl)cc1. The largest absolute Gasteiger partial charge is 0.285 e. The number of unbranched alkanes of at least 4 members (excludes halogenated alkanes) is 1. The van der Waals surface area contributed by atoms with E-state index in [0.29, 0.717) is 16.5 Å². The number of terminal acetylenes is 1. The summed E-state index contributed by atoms with van der Waals surface area (Å²) in [7, 11) is -1.64. The molecule has 1 unspecified atom stereocenters. The van der Waals surface area contributed by atoms with E-state index in [2.05, 4.69) is 19.8 Å². The summed E-state index contributed by atoms with van der Waals surface area (Å²) < 4.78 is 42.2. The van der Waals surface area contributed by atoms with Crippen molar-refractivity contribution in [3.05, 3.63) is 59.1 Å². The Labute approximate surface area is 185 Å². The Bertz CT molecular complexity index is 754. The summed E-state index contributed by atoms with van der Waals surface area (Å²) in [5, 5.41) is 0.529. The van der Waals surface area contributed by atoms with E-state index in [1.165, 1.54) is 4.31 Å². The summed E-state index contributed by atoms with van der Waals surface area (Å²) in [5.74, 6) is 0.880. The van der Waals surface area contributed by atoms with Crippen molar-refractivity contribution in [2.45, 2.75) is 38.5 Å². The van der Waals surface area contributed by atoms with Crippen LogP contribution in [0.2, 0.25) is 5.02 Å². The monoisotopic (exact) mass is 459 g/mol. The lowest BCUT2D eigenvalue weighted by atomic mass is 10.2. The first-order valence-electron chi connectivity index (χ1n) is 9.34. The molecule has 0 radical (unpaired) electrons. The Morgan fingerprint density at radius 1 is 1.07 bits per heavy atom. The van der Waals surface area contributed by atoms with Gasteiger partial charge in [0.1, 0.15) is 11.6 Å². The van der Waals surface area contributed by atoms with E-state index in [1.807, 2.05) is 25.6 Å². The van der Waals surface area contributed by atoms with Crippen molar-refractivity contribution in [3.8, 4) is 12.8 Å². The molecule has 0 spiro atoms. The van der Waals surface area contributed by atoms with Gasteiger partial charge in [0.05, 0.1) is 10.6 Å². The van der Waals surface area contributed by atoms with E-state index in [4.69, 9.17) is 11.6 Å². The Morgan fingerprint density at radius 2 is 1.69 bits per heavy atom. The number of hydrogen-bond acceptors (Lipinski definition) is 2. The summed E-state index contributed by atoms with van der Waals surface area (Å²) in [6.07, 6.45) is 9.66. The summed E-state index contributed by atoms with van der Waals surface area (Å²) >= 11 is 7.69. The van der Waals surface area contributed by atoms with E-state index < -0.39 is 22.6 Å². The van der Waals surface area contributed by atoms with Gasteiger partial charge in [-0.15, -0.1) is 12.8 Å². The number of anilines is 1. The highest BCUT2D eigenvalue weighted by molar-refractivity contribution is 7.99. The second kappa shape index (κ2) is 16.3. The highest BCUT2D eigenvalue weighted by atomic mass is 35.5. The van der Waals surface area contributed by atoms with Gasteiger partial charge in [0.25, 0.3) is 0 Å².